The Balaban J connectivity index is 0.000000176. The van der Waals surface area contributed by atoms with Crippen molar-refractivity contribution in [2.24, 2.45) is 0 Å². The van der Waals surface area contributed by atoms with Gasteiger partial charge in [-0.3, -0.25) is 9.97 Å². The van der Waals surface area contributed by atoms with Crippen LogP contribution in [0.4, 0.5) is 0 Å². The number of aryl methyl sites for hydroxylation is 2. The monoisotopic (exact) mass is 697 g/mol. The quantitative estimate of drug-likeness (QED) is 0.225. The molecule has 0 saturated carbocycles. The van der Waals surface area contributed by atoms with Crippen LogP contribution in [-0.2, 0) is 46.3 Å². The topological polar surface area (TPSA) is 110 Å². The standard InChI is InChI=1S/C14H13N5.C13H13N6.Ir/c1-12-6-13(8-18-4-2-15-10-18)17-14(7-12)9-19-5-3-16-11-19;1-11-6-12(8-18-4-2-14-10-18)16-13(7-11)9-19-5-3-15-17-19;/h2*2-7H,8-9H2,1H3;/q-2;-1;+3. The number of hydrogen-bond donors (Lipinski definition) is 0. The van der Waals surface area contributed by atoms with E-state index < -0.39 is 0 Å². The van der Waals surface area contributed by atoms with E-state index in [1.807, 2.05) is 38.5 Å². The van der Waals surface area contributed by atoms with Crippen molar-refractivity contribution in [2.75, 3.05) is 0 Å². The summed E-state index contributed by atoms with van der Waals surface area (Å²) in [6.07, 6.45) is 22.9. The minimum Gasteiger partial charge on any atom is -0.449 e. The molecule has 11 nitrogen and oxygen atoms in total. The molecule has 0 aliphatic heterocycles. The van der Waals surface area contributed by atoms with E-state index in [-0.39, 0.29) is 20.1 Å². The van der Waals surface area contributed by atoms with Gasteiger partial charge in [-0.2, -0.15) is 0 Å². The van der Waals surface area contributed by atoms with E-state index >= 15 is 0 Å². The summed E-state index contributed by atoms with van der Waals surface area (Å²) in [5.74, 6) is 0. The predicted molar refractivity (Wildman–Crippen MR) is 138 cm³/mol. The van der Waals surface area contributed by atoms with Crippen LogP contribution >= 0.6 is 0 Å². The van der Waals surface area contributed by atoms with Crippen molar-refractivity contribution in [1.29, 1.82) is 0 Å². The van der Waals surface area contributed by atoms with Crippen molar-refractivity contribution >= 4 is 0 Å². The van der Waals surface area contributed by atoms with E-state index in [9.17, 15) is 0 Å². The van der Waals surface area contributed by atoms with Crippen LogP contribution in [0.25, 0.3) is 0 Å². The van der Waals surface area contributed by atoms with Gasteiger partial charge in [0.2, 0.25) is 0 Å². The fourth-order valence-electron chi connectivity index (χ4n) is 3.99. The molecule has 198 valence electrons. The second kappa shape index (κ2) is 13.5. The molecule has 0 aliphatic rings. The molecule has 0 amide bonds. The smallest absolute Gasteiger partial charge is 0.449 e. The number of imidazole rings is 3. The van der Waals surface area contributed by atoms with Crippen molar-refractivity contribution in [3.63, 3.8) is 0 Å². The Morgan fingerprint density at radius 3 is 1.31 bits per heavy atom. The van der Waals surface area contributed by atoms with E-state index in [0.717, 1.165) is 22.8 Å². The van der Waals surface area contributed by atoms with Crippen molar-refractivity contribution in [1.82, 2.24) is 53.6 Å². The first-order chi connectivity index (χ1) is 18.6. The Bertz CT molecular complexity index is 1300. The summed E-state index contributed by atoms with van der Waals surface area (Å²) in [5.41, 5.74) is 6.35. The number of aromatic nitrogens is 11. The Kier molecular flexibility index (Phi) is 9.60. The zero-order valence-corrected chi connectivity index (χ0v) is 23.9. The summed E-state index contributed by atoms with van der Waals surface area (Å²) >= 11 is 0. The van der Waals surface area contributed by atoms with Crippen LogP contribution in [0.15, 0.2) is 73.8 Å². The first-order valence-corrected chi connectivity index (χ1v) is 12.0. The van der Waals surface area contributed by atoms with E-state index in [1.54, 1.807) is 29.5 Å². The third-order valence-corrected chi connectivity index (χ3v) is 5.47. The maximum absolute atomic E-state index is 4.65. The maximum Gasteiger partial charge on any atom is 3.00 e. The molecular formula is C27H26IrN11. The molecule has 0 radical (unpaired) electrons. The molecule has 0 unspecified atom stereocenters. The Morgan fingerprint density at radius 2 is 0.974 bits per heavy atom. The second-order valence-corrected chi connectivity index (χ2v) is 8.82. The fraction of sp³-hybridized carbons (Fsp3) is 0.222. The minimum absolute atomic E-state index is 0. The summed E-state index contributed by atoms with van der Waals surface area (Å²) < 4.78 is 7.40. The fourth-order valence-corrected chi connectivity index (χ4v) is 3.99. The van der Waals surface area contributed by atoms with Crippen molar-refractivity contribution in [3.05, 3.63) is 127 Å². The van der Waals surface area contributed by atoms with Gasteiger partial charge >= 0.3 is 20.1 Å². The van der Waals surface area contributed by atoms with Crippen LogP contribution in [0.2, 0.25) is 0 Å². The molecule has 0 aliphatic carbocycles. The number of hydrogen-bond acceptors (Lipinski definition) is 7. The molecule has 39 heavy (non-hydrogen) atoms. The zero-order valence-electron chi connectivity index (χ0n) is 21.5. The molecule has 0 bridgehead atoms. The molecule has 12 heteroatoms. The number of nitrogens with zero attached hydrogens (tertiary/aromatic N) is 11. The normalized spacial score (nSPS) is 10.5. The summed E-state index contributed by atoms with van der Waals surface area (Å²) in [7, 11) is 0. The number of pyridine rings is 2. The van der Waals surface area contributed by atoms with E-state index in [4.69, 9.17) is 0 Å². The van der Waals surface area contributed by atoms with Crippen LogP contribution in [0.3, 0.4) is 0 Å². The predicted octanol–water partition coefficient (Wildman–Crippen LogP) is 2.55. The maximum atomic E-state index is 4.65. The third kappa shape index (κ3) is 8.36. The average Bonchev–Trinajstić information content (AvgIpc) is 3.69. The SMILES string of the molecule is Cc1cc(Cn2[c-]ncc2)nc(Cn2[c-]ncc2)c1.Cc1cc(Cn2[c-]ncc2)nc(Cn2ccnn2)c1.[Ir+3]. The van der Waals surface area contributed by atoms with Gasteiger partial charge in [0.25, 0.3) is 0 Å². The van der Waals surface area contributed by atoms with Crippen LogP contribution in [0, 0.1) is 32.8 Å². The van der Waals surface area contributed by atoms with Gasteiger partial charge in [0.1, 0.15) is 0 Å². The second-order valence-electron chi connectivity index (χ2n) is 8.82. The molecular weight excluding hydrogens is 671 g/mol. The summed E-state index contributed by atoms with van der Waals surface area (Å²) in [6, 6.07) is 8.28. The van der Waals surface area contributed by atoms with Crippen LogP contribution < -0.4 is 0 Å². The van der Waals surface area contributed by atoms with Crippen molar-refractivity contribution in [2.45, 2.75) is 40.0 Å². The Hall–Kier alpha value is -4.28. The van der Waals surface area contributed by atoms with Gasteiger partial charge in [0.05, 0.1) is 35.5 Å². The van der Waals surface area contributed by atoms with Gasteiger partial charge in [-0.05, 0) is 49.2 Å². The minimum atomic E-state index is 0. The molecule has 0 aromatic carbocycles. The van der Waals surface area contributed by atoms with Crippen LogP contribution in [0.1, 0.15) is 33.9 Å². The summed E-state index contributed by atoms with van der Waals surface area (Å²) in [4.78, 5) is 21.0. The van der Waals surface area contributed by atoms with E-state index in [2.05, 4.69) is 92.3 Å². The van der Waals surface area contributed by atoms with E-state index in [0.29, 0.717) is 26.2 Å². The Morgan fingerprint density at radius 1 is 0.564 bits per heavy atom. The molecule has 0 spiro atoms. The zero-order chi connectivity index (χ0) is 26.2. The van der Waals surface area contributed by atoms with Gasteiger partial charge in [0, 0.05) is 44.8 Å². The molecule has 6 aromatic heterocycles. The Labute approximate surface area is 240 Å². The molecule has 6 aromatic rings. The number of rotatable bonds is 8. The van der Waals surface area contributed by atoms with Gasteiger partial charge in [-0.1, -0.05) is 5.21 Å². The molecule has 0 saturated heterocycles. The molecule has 6 heterocycles. The first-order valence-electron chi connectivity index (χ1n) is 12.0. The summed E-state index contributed by atoms with van der Waals surface area (Å²) in [6.45, 7) is 6.80. The molecule has 0 fully saturated rings. The van der Waals surface area contributed by atoms with Gasteiger partial charge in [-0.25, -0.2) is 4.68 Å². The van der Waals surface area contributed by atoms with Crippen molar-refractivity contribution < 1.29 is 20.1 Å². The first kappa shape index (κ1) is 27.7. The van der Waals surface area contributed by atoms with E-state index in [1.165, 1.54) is 11.1 Å². The van der Waals surface area contributed by atoms with Crippen molar-refractivity contribution in [3.8, 4) is 0 Å². The summed E-state index contributed by atoms with van der Waals surface area (Å²) in [5, 5.41) is 7.74. The van der Waals surface area contributed by atoms with Gasteiger partial charge in [0.15, 0.2) is 0 Å². The van der Waals surface area contributed by atoms with Crippen LogP contribution in [0.5, 0.6) is 0 Å². The molecule has 0 N–H and O–H groups in total. The largest absolute Gasteiger partial charge is 3.00 e. The average molecular weight is 697 g/mol. The third-order valence-electron chi connectivity index (χ3n) is 5.47. The molecule has 6 rings (SSSR count). The van der Waals surface area contributed by atoms with Gasteiger partial charge < -0.3 is 28.7 Å². The molecule has 0 atom stereocenters. The van der Waals surface area contributed by atoms with Gasteiger partial charge in [-0.15, -0.1) is 42.3 Å². The van der Waals surface area contributed by atoms with Crippen LogP contribution in [-0.4, -0.2) is 53.6 Å².